The van der Waals surface area contributed by atoms with Gasteiger partial charge in [0.2, 0.25) is 5.91 Å². The molecule has 3 heteroatoms. The number of aromatic nitrogens is 1. The van der Waals surface area contributed by atoms with Crippen molar-refractivity contribution in [2.75, 3.05) is 0 Å². The normalized spacial score (nSPS) is 22.2. The quantitative estimate of drug-likeness (QED) is 0.842. The fraction of sp³-hybridized carbons (Fsp3) is 0.500. The SMILES string of the molecule is O=C(NCc1ccc(C2CC2)nc1)C1CC=CCC1. The second-order valence-corrected chi connectivity index (χ2v) is 5.56. The molecule has 1 saturated carbocycles. The Morgan fingerprint density at radius 3 is 2.79 bits per heavy atom. The first-order valence-corrected chi connectivity index (χ1v) is 7.20. The number of carbonyl (C=O) groups excluding carboxylic acids is 1. The Morgan fingerprint density at radius 2 is 2.16 bits per heavy atom. The summed E-state index contributed by atoms with van der Waals surface area (Å²) in [4.78, 5) is 16.5. The first kappa shape index (κ1) is 12.4. The highest BCUT2D eigenvalue weighted by molar-refractivity contribution is 5.78. The Bertz CT molecular complexity index is 474. The number of hydrogen-bond donors (Lipinski definition) is 1. The summed E-state index contributed by atoms with van der Waals surface area (Å²) in [6.45, 7) is 0.594. The van der Waals surface area contributed by atoms with E-state index in [0.717, 1.165) is 24.8 Å². The van der Waals surface area contributed by atoms with E-state index >= 15 is 0 Å². The second-order valence-electron chi connectivity index (χ2n) is 5.56. The first-order valence-electron chi connectivity index (χ1n) is 7.20. The molecule has 19 heavy (non-hydrogen) atoms. The molecule has 0 aliphatic heterocycles. The second kappa shape index (κ2) is 5.55. The lowest BCUT2D eigenvalue weighted by Crippen LogP contribution is -2.30. The molecule has 1 atom stereocenters. The molecule has 100 valence electrons. The monoisotopic (exact) mass is 256 g/mol. The van der Waals surface area contributed by atoms with Crippen LogP contribution in [0.4, 0.5) is 0 Å². The average molecular weight is 256 g/mol. The van der Waals surface area contributed by atoms with Crippen molar-refractivity contribution in [3.8, 4) is 0 Å². The molecule has 1 amide bonds. The fourth-order valence-electron chi connectivity index (χ4n) is 2.53. The van der Waals surface area contributed by atoms with Gasteiger partial charge < -0.3 is 5.32 Å². The lowest BCUT2D eigenvalue weighted by Gasteiger charge is -2.17. The van der Waals surface area contributed by atoms with Gasteiger partial charge in [-0.05, 0) is 43.7 Å². The summed E-state index contributed by atoms with van der Waals surface area (Å²) < 4.78 is 0. The van der Waals surface area contributed by atoms with E-state index < -0.39 is 0 Å². The topological polar surface area (TPSA) is 42.0 Å². The average Bonchev–Trinajstić information content (AvgIpc) is 3.31. The minimum atomic E-state index is 0.156. The Balaban J connectivity index is 1.50. The third-order valence-electron chi connectivity index (χ3n) is 3.95. The zero-order valence-electron chi connectivity index (χ0n) is 11.1. The molecule has 1 N–H and O–H groups in total. The van der Waals surface area contributed by atoms with Crippen molar-refractivity contribution in [3.63, 3.8) is 0 Å². The van der Waals surface area contributed by atoms with E-state index in [1.807, 2.05) is 6.20 Å². The molecule has 1 aromatic heterocycles. The number of hydrogen-bond acceptors (Lipinski definition) is 2. The van der Waals surface area contributed by atoms with Crippen molar-refractivity contribution >= 4 is 5.91 Å². The molecule has 1 fully saturated rings. The van der Waals surface area contributed by atoms with Crippen LogP contribution in [0.5, 0.6) is 0 Å². The van der Waals surface area contributed by atoms with Crippen molar-refractivity contribution in [3.05, 3.63) is 41.7 Å². The van der Waals surface area contributed by atoms with Gasteiger partial charge in [-0.1, -0.05) is 18.2 Å². The summed E-state index contributed by atoms with van der Waals surface area (Å²) >= 11 is 0. The van der Waals surface area contributed by atoms with Crippen LogP contribution in [0.15, 0.2) is 30.5 Å². The van der Waals surface area contributed by atoms with Gasteiger partial charge in [-0.2, -0.15) is 0 Å². The number of rotatable bonds is 4. The standard InChI is InChI=1S/C16H20N2O/c19-16(14-4-2-1-3-5-14)18-11-12-6-9-15(17-10-12)13-7-8-13/h1-2,6,9-10,13-14H,3-5,7-8,11H2,(H,18,19). The van der Waals surface area contributed by atoms with Crippen LogP contribution in [0, 0.1) is 5.92 Å². The molecule has 0 bridgehead atoms. The van der Waals surface area contributed by atoms with Gasteiger partial charge in [0.15, 0.2) is 0 Å². The minimum Gasteiger partial charge on any atom is -0.352 e. The summed E-state index contributed by atoms with van der Waals surface area (Å²) in [5.41, 5.74) is 2.29. The zero-order chi connectivity index (χ0) is 13.1. The predicted molar refractivity (Wildman–Crippen MR) is 74.5 cm³/mol. The van der Waals surface area contributed by atoms with Gasteiger partial charge in [0.05, 0.1) is 0 Å². The highest BCUT2D eigenvalue weighted by atomic mass is 16.1. The largest absolute Gasteiger partial charge is 0.352 e. The molecular formula is C16H20N2O. The molecule has 2 aliphatic carbocycles. The molecule has 3 nitrogen and oxygen atoms in total. The Kier molecular flexibility index (Phi) is 3.62. The Labute approximate surface area is 114 Å². The lowest BCUT2D eigenvalue weighted by molar-refractivity contribution is -0.125. The van der Waals surface area contributed by atoms with E-state index in [0.29, 0.717) is 12.5 Å². The molecule has 1 aromatic rings. The van der Waals surface area contributed by atoms with Crippen LogP contribution in [0.25, 0.3) is 0 Å². The minimum absolute atomic E-state index is 0.156. The van der Waals surface area contributed by atoms with E-state index in [1.54, 1.807) is 0 Å². The van der Waals surface area contributed by atoms with E-state index in [9.17, 15) is 4.79 Å². The third kappa shape index (κ3) is 3.22. The van der Waals surface area contributed by atoms with Gasteiger partial charge in [0.1, 0.15) is 0 Å². The van der Waals surface area contributed by atoms with Crippen molar-refractivity contribution in [2.45, 2.75) is 44.6 Å². The Morgan fingerprint density at radius 1 is 1.26 bits per heavy atom. The molecule has 0 aromatic carbocycles. The van der Waals surface area contributed by atoms with Crippen molar-refractivity contribution in [2.24, 2.45) is 5.92 Å². The molecule has 1 heterocycles. The molecule has 0 radical (unpaired) electrons. The highest BCUT2D eigenvalue weighted by Gasteiger charge is 2.24. The third-order valence-corrected chi connectivity index (χ3v) is 3.95. The first-order chi connectivity index (χ1) is 9.33. The highest BCUT2D eigenvalue weighted by Crippen LogP contribution is 2.38. The number of carbonyl (C=O) groups is 1. The van der Waals surface area contributed by atoms with Crippen LogP contribution in [-0.4, -0.2) is 10.9 Å². The molecule has 0 spiro atoms. The predicted octanol–water partition coefficient (Wildman–Crippen LogP) is 2.93. The number of nitrogens with one attached hydrogen (secondary N) is 1. The molecule has 3 rings (SSSR count). The fourth-order valence-corrected chi connectivity index (χ4v) is 2.53. The van der Waals surface area contributed by atoms with Gasteiger partial charge in [0.25, 0.3) is 0 Å². The van der Waals surface area contributed by atoms with E-state index in [2.05, 4.69) is 34.6 Å². The summed E-state index contributed by atoms with van der Waals surface area (Å²) in [5, 5.41) is 3.02. The number of amides is 1. The van der Waals surface area contributed by atoms with Gasteiger partial charge in [-0.15, -0.1) is 0 Å². The van der Waals surface area contributed by atoms with Gasteiger partial charge in [-0.3, -0.25) is 9.78 Å². The summed E-state index contributed by atoms with van der Waals surface area (Å²) in [6.07, 6.45) is 11.6. The van der Waals surface area contributed by atoms with Gasteiger partial charge in [0, 0.05) is 30.3 Å². The Hall–Kier alpha value is -1.64. The smallest absolute Gasteiger partial charge is 0.223 e. The zero-order valence-corrected chi connectivity index (χ0v) is 11.1. The van der Waals surface area contributed by atoms with Crippen molar-refractivity contribution < 1.29 is 4.79 Å². The van der Waals surface area contributed by atoms with Gasteiger partial charge >= 0.3 is 0 Å². The number of allylic oxidation sites excluding steroid dienone is 2. The molecular weight excluding hydrogens is 236 g/mol. The maximum atomic E-state index is 12.0. The number of pyridine rings is 1. The molecule has 1 unspecified atom stereocenters. The van der Waals surface area contributed by atoms with Crippen LogP contribution >= 0.6 is 0 Å². The van der Waals surface area contributed by atoms with Crippen LogP contribution in [0.1, 0.15) is 49.3 Å². The van der Waals surface area contributed by atoms with Gasteiger partial charge in [-0.25, -0.2) is 0 Å². The van der Waals surface area contributed by atoms with E-state index in [1.165, 1.54) is 18.5 Å². The number of nitrogens with zero attached hydrogens (tertiary/aromatic N) is 1. The summed E-state index contributed by atoms with van der Waals surface area (Å²) in [5.74, 6) is 1.02. The van der Waals surface area contributed by atoms with Crippen LogP contribution in [0.3, 0.4) is 0 Å². The summed E-state index contributed by atoms with van der Waals surface area (Å²) in [6, 6.07) is 4.18. The van der Waals surface area contributed by atoms with Crippen LogP contribution < -0.4 is 5.32 Å². The van der Waals surface area contributed by atoms with Crippen LogP contribution in [0.2, 0.25) is 0 Å². The summed E-state index contributed by atoms with van der Waals surface area (Å²) in [7, 11) is 0. The van der Waals surface area contributed by atoms with E-state index in [-0.39, 0.29) is 11.8 Å². The van der Waals surface area contributed by atoms with Crippen LogP contribution in [-0.2, 0) is 11.3 Å². The van der Waals surface area contributed by atoms with E-state index in [4.69, 9.17) is 0 Å². The molecule has 2 aliphatic rings. The maximum absolute atomic E-state index is 12.0. The lowest BCUT2D eigenvalue weighted by atomic mass is 9.93. The van der Waals surface area contributed by atoms with Crippen molar-refractivity contribution in [1.29, 1.82) is 0 Å². The molecule has 0 saturated heterocycles. The van der Waals surface area contributed by atoms with Crippen molar-refractivity contribution in [1.82, 2.24) is 10.3 Å². The maximum Gasteiger partial charge on any atom is 0.223 e.